The van der Waals surface area contributed by atoms with E-state index >= 15 is 0 Å². The molecule has 0 bridgehead atoms. The van der Waals surface area contributed by atoms with Gasteiger partial charge in [0.15, 0.2) is 0 Å². The number of carbonyl (C=O) groups excluding carboxylic acids is 5. The van der Waals surface area contributed by atoms with Crippen LogP contribution in [-0.4, -0.2) is 85.8 Å². The van der Waals surface area contributed by atoms with Crippen LogP contribution >= 0.6 is 0 Å². The number of alkyl carbamates (subject to hydrolysis) is 1. The lowest BCUT2D eigenvalue weighted by Gasteiger charge is -2.38. The molecule has 3 atom stereocenters. The number of ketones is 1. The number of hydrogen-bond donors (Lipinski definition) is 3. The molecule has 12 nitrogen and oxygen atoms in total. The number of Topliss-reactive ketones (excluding diaryl/α,β-unsaturated/α-hetero) is 1. The summed E-state index contributed by atoms with van der Waals surface area (Å²) in [5.41, 5.74) is 1.38. The summed E-state index contributed by atoms with van der Waals surface area (Å²) < 4.78 is 5.28. The molecule has 1 aromatic carbocycles. The van der Waals surface area contributed by atoms with Crippen LogP contribution in [0, 0.1) is 17.8 Å². The summed E-state index contributed by atoms with van der Waals surface area (Å²) in [4.78, 5) is 73.6. The smallest absolute Gasteiger partial charge is 0.408 e. The summed E-state index contributed by atoms with van der Waals surface area (Å²) in [5, 5.41) is 8.05. The molecule has 1 heterocycles. The molecular weight excluding hydrogens is 552 g/mol. The zero-order chi connectivity index (χ0) is 31.9. The van der Waals surface area contributed by atoms with Crippen LogP contribution < -0.4 is 16.0 Å². The summed E-state index contributed by atoms with van der Waals surface area (Å²) >= 11 is 0. The first-order valence-electron chi connectivity index (χ1n) is 14.5. The Morgan fingerprint density at radius 3 is 2.37 bits per heavy atom. The standard InChI is InChI=1S/C31H44N6O6/c1-7-22(5)26(27(38)30(41)37-16-24(17-37)28(39)34-15-21(4)14-33-19-32-6)36-29(40)25(13-20(2)3)35-31(42)43-18-23-11-9-8-10-12-23/h8-12,14,19-20,22,24-26H,4,7,13,15-18H2,1-3,5-6H3,(H,34,39)(H,35,42)(H,36,40)/b32-19-,33-14-. The van der Waals surface area contributed by atoms with Crippen molar-refractivity contribution in [3.05, 3.63) is 48.0 Å². The van der Waals surface area contributed by atoms with Crippen molar-refractivity contribution in [1.29, 1.82) is 0 Å². The third kappa shape index (κ3) is 11.4. The highest BCUT2D eigenvalue weighted by atomic mass is 16.5. The number of nitrogens with one attached hydrogen (secondary N) is 3. The molecular formula is C31H44N6O6. The molecule has 0 radical (unpaired) electrons. The van der Waals surface area contributed by atoms with Crippen molar-refractivity contribution in [1.82, 2.24) is 20.9 Å². The van der Waals surface area contributed by atoms with E-state index in [0.717, 1.165) is 5.56 Å². The number of carbonyl (C=O) groups is 5. The second-order valence-electron chi connectivity index (χ2n) is 11.1. The van der Waals surface area contributed by atoms with Gasteiger partial charge in [-0.3, -0.25) is 24.2 Å². The lowest BCUT2D eigenvalue weighted by atomic mass is 9.91. The number of amides is 4. The fraction of sp³-hybridized carbons (Fsp3) is 0.516. The number of rotatable bonds is 16. The Hall–Kier alpha value is -4.35. The maximum absolute atomic E-state index is 13.3. The third-order valence-corrected chi connectivity index (χ3v) is 7.00. The van der Waals surface area contributed by atoms with Crippen LogP contribution in [0.25, 0.3) is 0 Å². The van der Waals surface area contributed by atoms with Crippen LogP contribution in [0.15, 0.2) is 52.5 Å². The average Bonchev–Trinajstić information content (AvgIpc) is 2.96. The zero-order valence-corrected chi connectivity index (χ0v) is 25.7. The highest BCUT2D eigenvalue weighted by Crippen LogP contribution is 2.19. The normalized spacial score (nSPS) is 15.4. The minimum absolute atomic E-state index is 0.0390. The first-order chi connectivity index (χ1) is 20.5. The molecule has 3 unspecified atom stereocenters. The molecule has 43 heavy (non-hydrogen) atoms. The molecule has 3 N–H and O–H groups in total. The molecule has 4 amide bonds. The van der Waals surface area contributed by atoms with E-state index in [1.54, 1.807) is 14.0 Å². The van der Waals surface area contributed by atoms with E-state index in [2.05, 4.69) is 32.5 Å². The van der Waals surface area contributed by atoms with Gasteiger partial charge in [0.05, 0.1) is 12.0 Å². The minimum Gasteiger partial charge on any atom is -0.445 e. The average molecular weight is 597 g/mol. The van der Waals surface area contributed by atoms with E-state index < -0.39 is 41.7 Å². The van der Waals surface area contributed by atoms with Gasteiger partial charge in [-0.25, -0.2) is 9.79 Å². The molecule has 2 rings (SSSR count). The predicted molar refractivity (Wildman–Crippen MR) is 165 cm³/mol. The van der Waals surface area contributed by atoms with Crippen LogP contribution in [-0.2, 0) is 30.5 Å². The van der Waals surface area contributed by atoms with Crippen molar-refractivity contribution in [3.8, 4) is 0 Å². The van der Waals surface area contributed by atoms with Gasteiger partial charge in [-0.05, 0) is 29.4 Å². The van der Waals surface area contributed by atoms with Crippen LogP contribution in [0.2, 0.25) is 0 Å². The predicted octanol–water partition coefficient (Wildman–Crippen LogP) is 2.29. The van der Waals surface area contributed by atoms with Gasteiger partial charge >= 0.3 is 6.09 Å². The Bertz CT molecular complexity index is 1190. The fourth-order valence-electron chi connectivity index (χ4n) is 4.26. The maximum atomic E-state index is 13.3. The van der Waals surface area contributed by atoms with Crippen molar-refractivity contribution in [2.45, 2.75) is 59.2 Å². The van der Waals surface area contributed by atoms with E-state index in [0.29, 0.717) is 18.4 Å². The molecule has 234 valence electrons. The first kappa shape index (κ1) is 34.8. The van der Waals surface area contributed by atoms with Gasteiger partial charge in [0, 0.05) is 32.9 Å². The van der Waals surface area contributed by atoms with Crippen molar-refractivity contribution in [2.24, 2.45) is 27.7 Å². The number of hydrogen-bond acceptors (Lipinski definition) is 7. The van der Waals surface area contributed by atoms with Gasteiger partial charge in [-0.15, -0.1) is 0 Å². The Labute approximate surface area is 253 Å². The molecule has 1 aliphatic heterocycles. The highest BCUT2D eigenvalue weighted by molar-refractivity contribution is 6.38. The summed E-state index contributed by atoms with van der Waals surface area (Å²) in [5.74, 6) is -3.13. The maximum Gasteiger partial charge on any atom is 0.408 e. The molecule has 1 saturated heterocycles. The number of nitrogens with zero attached hydrogens (tertiary/aromatic N) is 3. The quantitative estimate of drug-likeness (QED) is 0.151. The minimum atomic E-state index is -1.09. The number of ether oxygens (including phenoxy) is 1. The third-order valence-electron chi connectivity index (χ3n) is 7.00. The second-order valence-corrected chi connectivity index (χ2v) is 11.1. The summed E-state index contributed by atoms with van der Waals surface area (Å²) in [6.45, 7) is 11.6. The van der Waals surface area contributed by atoms with Crippen LogP contribution in [0.5, 0.6) is 0 Å². The van der Waals surface area contributed by atoms with Crippen molar-refractivity contribution in [3.63, 3.8) is 0 Å². The summed E-state index contributed by atoms with van der Waals surface area (Å²) in [6, 6.07) is 7.08. The molecule has 1 aromatic rings. The van der Waals surface area contributed by atoms with Gasteiger partial charge in [-0.2, -0.15) is 0 Å². The monoisotopic (exact) mass is 596 g/mol. The van der Waals surface area contributed by atoms with Gasteiger partial charge in [0.25, 0.3) is 5.91 Å². The molecule has 1 fully saturated rings. The van der Waals surface area contributed by atoms with Crippen LogP contribution in [0.4, 0.5) is 4.79 Å². The molecule has 0 saturated carbocycles. The van der Waals surface area contributed by atoms with Crippen LogP contribution in [0.1, 0.15) is 46.1 Å². The van der Waals surface area contributed by atoms with Gasteiger partial charge in [0.2, 0.25) is 17.6 Å². The molecule has 12 heteroatoms. The van der Waals surface area contributed by atoms with E-state index in [1.807, 2.05) is 51.1 Å². The lowest BCUT2D eigenvalue weighted by Crippen LogP contribution is -2.61. The van der Waals surface area contributed by atoms with Crippen molar-refractivity contribution < 1.29 is 28.7 Å². The lowest BCUT2D eigenvalue weighted by molar-refractivity contribution is -0.153. The number of aliphatic imine (C=N–C) groups is 2. The SMILES string of the molecule is C=C(/C=N\C=N/C)CNC(=O)C1CN(C(=O)C(=O)C(NC(=O)C(CC(C)C)NC(=O)OCc2ccccc2)C(C)CC)C1. The Morgan fingerprint density at radius 2 is 1.77 bits per heavy atom. The van der Waals surface area contributed by atoms with E-state index in [9.17, 15) is 24.0 Å². The second kappa shape index (κ2) is 17.6. The molecule has 0 aromatic heterocycles. The first-order valence-corrected chi connectivity index (χ1v) is 14.5. The molecule has 0 aliphatic carbocycles. The van der Waals surface area contributed by atoms with Gasteiger partial charge in [0.1, 0.15) is 19.0 Å². The largest absolute Gasteiger partial charge is 0.445 e. The van der Waals surface area contributed by atoms with E-state index in [4.69, 9.17) is 4.74 Å². The summed E-state index contributed by atoms with van der Waals surface area (Å²) in [7, 11) is 1.59. The molecule has 0 spiro atoms. The Balaban J connectivity index is 1.96. The van der Waals surface area contributed by atoms with Crippen molar-refractivity contribution >= 4 is 42.2 Å². The number of likely N-dealkylation sites (tertiary alicyclic amines) is 1. The number of benzene rings is 1. The molecule has 1 aliphatic rings. The van der Waals surface area contributed by atoms with E-state index in [-0.39, 0.29) is 44.0 Å². The zero-order valence-electron chi connectivity index (χ0n) is 25.7. The highest BCUT2D eigenvalue weighted by Gasteiger charge is 2.41. The Morgan fingerprint density at radius 1 is 1.09 bits per heavy atom. The van der Waals surface area contributed by atoms with Crippen molar-refractivity contribution in [2.75, 3.05) is 26.7 Å². The summed E-state index contributed by atoms with van der Waals surface area (Å²) in [6.07, 6.45) is 2.91. The van der Waals surface area contributed by atoms with Gasteiger partial charge in [-0.1, -0.05) is 71.0 Å². The van der Waals surface area contributed by atoms with E-state index in [1.165, 1.54) is 17.5 Å². The van der Waals surface area contributed by atoms with Gasteiger partial charge < -0.3 is 25.6 Å². The Kier molecular flexibility index (Phi) is 14.2. The topological polar surface area (TPSA) is 159 Å². The fourth-order valence-corrected chi connectivity index (χ4v) is 4.26. The van der Waals surface area contributed by atoms with Crippen LogP contribution in [0.3, 0.4) is 0 Å².